The minimum atomic E-state index is 0.494. The fraction of sp³-hybridized carbons (Fsp3) is 0.375. The van der Waals surface area contributed by atoms with E-state index in [0.717, 1.165) is 0 Å². The molecule has 0 saturated heterocycles. The quantitative estimate of drug-likeness (QED) is 0.748. The molecule has 0 N–H and O–H groups in total. The first-order valence-electron chi connectivity index (χ1n) is 6.55. The Morgan fingerprint density at radius 2 is 1.61 bits per heavy atom. The Hall–Kier alpha value is -1.70. The van der Waals surface area contributed by atoms with Gasteiger partial charge in [0.05, 0.1) is 0 Å². The highest BCUT2D eigenvalue weighted by molar-refractivity contribution is 5.62. The molecular formula is C16H21N2+. The second-order valence-corrected chi connectivity index (χ2v) is 5.23. The molecule has 0 atom stereocenters. The maximum atomic E-state index is 4.07. The van der Waals surface area contributed by atoms with E-state index in [0.29, 0.717) is 12.0 Å². The van der Waals surface area contributed by atoms with Gasteiger partial charge in [-0.3, -0.25) is 4.98 Å². The van der Waals surface area contributed by atoms with Crippen molar-refractivity contribution < 1.29 is 4.57 Å². The van der Waals surface area contributed by atoms with Crippen molar-refractivity contribution in [1.29, 1.82) is 0 Å². The molecule has 0 aliphatic heterocycles. The van der Waals surface area contributed by atoms with Gasteiger partial charge in [0.25, 0.3) is 0 Å². The lowest BCUT2D eigenvalue weighted by Gasteiger charge is -2.11. The largest absolute Gasteiger partial charge is 0.265 e. The van der Waals surface area contributed by atoms with Crippen molar-refractivity contribution in [1.82, 2.24) is 4.98 Å². The highest BCUT2D eigenvalue weighted by atomic mass is 15.0. The molecule has 0 aromatic carbocycles. The molecule has 2 nitrogen and oxygen atoms in total. The molecule has 0 radical (unpaired) electrons. The minimum Gasteiger partial charge on any atom is -0.265 e. The summed E-state index contributed by atoms with van der Waals surface area (Å²) in [4.78, 5) is 4.07. The first-order valence-corrected chi connectivity index (χ1v) is 6.55. The van der Waals surface area contributed by atoms with Crippen LogP contribution in [0.1, 0.15) is 45.3 Å². The topological polar surface area (TPSA) is 16.8 Å². The lowest BCUT2D eigenvalue weighted by molar-refractivity contribution is -0.724. The molecule has 2 aromatic rings. The van der Waals surface area contributed by atoms with Gasteiger partial charge in [0, 0.05) is 30.4 Å². The summed E-state index contributed by atoms with van der Waals surface area (Å²) in [6.07, 6.45) is 5.87. The first-order chi connectivity index (χ1) is 8.59. The van der Waals surface area contributed by atoms with Gasteiger partial charge in [-0.2, -0.15) is 0 Å². The van der Waals surface area contributed by atoms with Crippen molar-refractivity contribution in [3.63, 3.8) is 0 Å². The van der Waals surface area contributed by atoms with E-state index in [2.05, 4.69) is 67.7 Å². The molecule has 2 aromatic heterocycles. The molecule has 0 saturated carbocycles. The van der Waals surface area contributed by atoms with E-state index >= 15 is 0 Å². The lowest BCUT2D eigenvalue weighted by Crippen LogP contribution is -2.40. The molecule has 0 amide bonds. The van der Waals surface area contributed by atoms with E-state index in [9.17, 15) is 0 Å². The van der Waals surface area contributed by atoms with Crippen molar-refractivity contribution >= 4 is 0 Å². The fourth-order valence-corrected chi connectivity index (χ4v) is 2.19. The number of nitrogens with zero attached hydrogens (tertiary/aromatic N) is 2. The summed E-state index contributed by atoms with van der Waals surface area (Å²) < 4.78 is 2.34. The van der Waals surface area contributed by atoms with Crippen LogP contribution in [0, 0.1) is 0 Å². The molecule has 0 fully saturated rings. The number of rotatable bonds is 3. The molecule has 0 bridgehead atoms. The van der Waals surface area contributed by atoms with Crippen LogP contribution in [-0.2, 0) is 0 Å². The SMILES string of the molecule is CC(C)c1cc(-c2ccncc2)cc[n+]1C(C)C. The summed E-state index contributed by atoms with van der Waals surface area (Å²) in [5.74, 6) is 0.522. The molecule has 18 heavy (non-hydrogen) atoms. The normalized spacial score (nSPS) is 11.2. The van der Waals surface area contributed by atoms with Crippen LogP contribution in [-0.4, -0.2) is 4.98 Å². The van der Waals surface area contributed by atoms with Gasteiger partial charge in [0.1, 0.15) is 0 Å². The van der Waals surface area contributed by atoms with Crippen LogP contribution < -0.4 is 4.57 Å². The highest BCUT2D eigenvalue weighted by Gasteiger charge is 2.18. The van der Waals surface area contributed by atoms with Crippen molar-refractivity contribution in [3.8, 4) is 11.1 Å². The van der Waals surface area contributed by atoms with Gasteiger partial charge in [-0.1, -0.05) is 13.8 Å². The average Bonchev–Trinajstić information content (AvgIpc) is 2.39. The maximum absolute atomic E-state index is 4.07. The van der Waals surface area contributed by atoms with Crippen molar-refractivity contribution in [2.75, 3.05) is 0 Å². The summed E-state index contributed by atoms with van der Waals surface area (Å²) in [6, 6.07) is 9.08. The van der Waals surface area contributed by atoms with Crippen molar-refractivity contribution in [2.45, 2.75) is 39.7 Å². The van der Waals surface area contributed by atoms with Gasteiger partial charge in [-0.25, -0.2) is 4.57 Å². The molecular weight excluding hydrogens is 220 g/mol. The second kappa shape index (κ2) is 5.30. The van der Waals surface area contributed by atoms with E-state index in [1.165, 1.54) is 16.8 Å². The van der Waals surface area contributed by atoms with Gasteiger partial charge in [-0.05, 0) is 37.1 Å². The molecule has 2 heteroatoms. The van der Waals surface area contributed by atoms with E-state index in [1.807, 2.05) is 12.4 Å². The zero-order valence-corrected chi connectivity index (χ0v) is 11.6. The monoisotopic (exact) mass is 241 g/mol. The van der Waals surface area contributed by atoms with E-state index in [-0.39, 0.29) is 0 Å². The third kappa shape index (κ3) is 2.58. The van der Waals surface area contributed by atoms with E-state index in [4.69, 9.17) is 0 Å². The van der Waals surface area contributed by atoms with Gasteiger partial charge < -0.3 is 0 Å². The third-order valence-corrected chi connectivity index (χ3v) is 3.18. The third-order valence-electron chi connectivity index (χ3n) is 3.18. The number of hydrogen-bond acceptors (Lipinski definition) is 1. The van der Waals surface area contributed by atoms with Crippen LogP contribution in [0.3, 0.4) is 0 Å². The maximum Gasteiger partial charge on any atom is 0.184 e. The molecule has 2 heterocycles. The van der Waals surface area contributed by atoms with Gasteiger partial charge >= 0.3 is 0 Å². The molecule has 0 spiro atoms. The summed E-state index contributed by atoms with van der Waals surface area (Å²) in [6.45, 7) is 8.92. The highest BCUT2D eigenvalue weighted by Crippen LogP contribution is 2.21. The van der Waals surface area contributed by atoms with Gasteiger partial charge in [0.2, 0.25) is 0 Å². The molecule has 0 aliphatic carbocycles. The number of aromatic nitrogens is 2. The van der Waals surface area contributed by atoms with Crippen molar-refractivity contribution in [3.05, 3.63) is 48.5 Å². The van der Waals surface area contributed by atoms with Gasteiger partial charge in [0.15, 0.2) is 17.9 Å². The fourth-order valence-electron chi connectivity index (χ4n) is 2.19. The van der Waals surface area contributed by atoms with Crippen molar-refractivity contribution in [2.24, 2.45) is 0 Å². The van der Waals surface area contributed by atoms with Crippen LogP contribution in [0.4, 0.5) is 0 Å². The summed E-state index contributed by atoms with van der Waals surface area (Å²) >= 11 is 0. The Morgan fingerprint density at radius 1 is 0.944 bits per heavy atom. The second-order valence-electron chi connectivity index (χ2n) is 5.23. The predicted octanol–water partition coefficient (Wildman–Crippen LogP) is 3.74. The zero-order chi connectivity index (χ0) is 13.1. The lowest BCUT2D eigenvalue weighted by atomic mass is 10.0. The summed E-state index contributed by atoms with van der Waals surface area (Å²) in [5.41, 5.74) is 3.86. The summed E-state index contributed by atoms with van der Waals surface area (Å²) in [7, 11) is 0. The Kier molecular flexibility index (Phi) is 3.75. The first kappa shape index (κ1) is 12.7. The predicted molar refractivity (Wildman–Crippen MR) is 74.3 cm³/mol. The molecule has 94 valence electrons. The standard InChI is InChI=1S/C16H21N2/c1-12(2)16-11-15(7-10-18(16)13(3)4)14-5-8-17-9-6-14/h5-13H,1-4H3/q+1. The van der Waals surface area contributed by atoms with Crippen LogP contribution in [0.5, 0.6) is 0 Å². The Morgan fingerprint density at radius 3 is 2.17 bits per heavy atom. The van der Waals surface area contributed by atoms with Crippen LogP contribution in [0.15, 0.2) is 42.9 Å². The molecule has 2 rings (SSSR count). The van der Waals surface area contributed by atoms with Crippen LogP contribution >= 0.6 is 0 Å². The zero-order valence-electron chi connectivity index (χ0n) is 11.6. The van der Waals surface area contributed by atoms with E-state index in [1.54, 1.807) is 0 Å². The van der Waals surface area contributed by atoms with Crippen LogP contribution in [0.25, 0.3) is 11.1 Å². The van der Waals surface area contributed by atoms with E-state index < -0.39 is 0 Å². The molecule has 0 unspecified atom stereocenters. The number of pyridine rings is 2. The van der Waals surface area contributed by atoms with Crippen LogP contribution in [0.2, 0.25) is 0 Å². The smallest absolute Gasteiger partial charge is 0.184 e. The Labute approximate surface area is 109 Å². The Balaban J connectivity index is 2.50. The number of hydrogen-bond donors (Lipinski definition) is 0. The minimum absolute atomic E-state index is 0.494. The van der Waals surface area contributed by atoms with Gasteiger partial charge in [-0.15, -0.1) is 0 Å². The Bertz CT molecular complexity index is 516. The molecule has 0 aliphatic rings. The summed E-state index contributed by atoms with van der Waals surface area (Å²) in [5, 5.41) is 0. The average molecular weight is 241 g/mol.